The van der Waals surface area contributed by atoms with Crippen LogP contribution in [0.15, 0.2) is 42.4 Å². The zero-order valence-electron chi connectivity index (χ0n) is 17.2. The Morgan fingerprint density at radius 1 is 0.966 bits per heavy atom. The van der Waals surface area contributed by atoms with Gasteiger partial charge in [-0.15, -0.1) is 0 Å². The van der Waals surface area contributed by atoms with Crippen molar-refractivity contribution in [1.82, 2.24) is 19.5 Å². The highest BCUT2D eigenvalue weighted by atomic mass is 16.1. The van der Waals surface area contributed by atoms with Gasteiger partial charge in [-0.3, -0.25) is 9.36 Å². The number of hydrogen-bond donors (Lipinski definition) is 1. The van der Waals surface area contributed by atoms with Gasteiger partial charge in [-0.2, -0.15) is 0 Å². The molecule has 3 aromatic rings. The highest BCUT2D eigenvalue weighted by molar-refractivity contribution is 5.91. The normalized spacial score (nSPS) is 13.0. The maximum Gasteiger partial charge on any atom is 0.228 e. The molecular formula is C24H20N4O. The van der Waals surface area contributed by atoms with Crippen molar-refractivity contribution in [3.05, 3.63) is 70.8 Å². The summed E-state index contributed by atoms with van der Waals surface area (Å²) in [6.07, 6.45) is 8.34. The molecule has 2 aliphatic rings. The van der Waals surface area contributed by atoms with Crippen molar-refractivity contribution < 1.29 is 6.17 Å². The van der Waals surface area contributed by atoms with Gasteiger partial charge in [0.05, 0.1) is 35.2 Å². The molecule has 0 aromatic carbocycles. The third kappa shape index (κ3) is 3.21. The molecule has 0 aliphatic carbocycles. The van der Waals surface area contributed by atoms with Gasteiger partial charge in [0, 0.05) is 18.0 Å². The number of nitrogens with zero attached hydrogens (tertiary/aromatic N) is 3. The van der Waals surface area contributed by atoms with Gasteiger partial charge in [0.15, 0.2) is 0 Å². The van der Waals surface area contributed by atoms with Crippen molar-refractivity contribution in [2.24, 2.45) is 0 Å². The van der Waals surface area contributed by atoms with E-state index in [1.165, 1.54) is 6.92 Å². The number of rotatable bonds is 1. The molecule has 142 valence electrons. The summed E-state index contributed by atoms with van der Waals surface area (Å²) in [5, 5.41) is 0. The zero-order chi connectivity index (χ0) is 20.8. The van der Waals surface area contributed by atoms with Crippen LogP contribution in [0.2, 0.25) is 0 Å². The van der Waals surface area contributed by atoms with E-state index in [9.17, 15) is 4.79 Å². The van der Waals surface area contributed by atoms with Crippen LogP contribution in [0.25, 0.3) is 46.4 Å². The van der Waals surface area contributed by atoms with Crippen LogP contribution in [0.5, 0.6) is 0 Å². The molecule has 0 radical (unpaired) electrons. The second-order valence-electron chi connectivity index (χ2n) is 7.12. The lowest BCUT2D eigenvalue weighted by Crippen LogP contribution is -2.04. The Balaban J connectivity index is 1.97. The van der Waals surface area contributed by atoms with E-state index in [4.69, 9.17) is 1.37 Å². The molecule has 29 heavy (non-hydrogen) atoms. The Bertz CT molecular complexity index is 1420. The van der Waals surface area contributed by atoms with Crippen molar-refractivity contribution in [3.63, 3.8) is 0 Å². The first kappa shape index (κ1) is 16.2. The second kappa shape index (κ2) is 6.71. The first-order valence-electron chi connectivity index (χ1n) is 10.1. The Morgan fingerprint density at radius 2 is 1.52 bits per heavy atom. The first-order chi connectivity index (χ1) is 14.5. The van der Waals surface area contributed by atoms with Gasteiger partial charge in [-0.25, -0.2) is 9.97 Å². The minimum absolute atomic E-state index is 0.143. The molecule has 5 rings (SSSR count). The lowest BCUT2D eigenvalue weighted by molar-refractivity contribution is 0.0946. The smallest absolute Gasteiger partial charge is 0.228 e. The highest BCUT2D eigenvalue weighted by Crippen LogP contribution is 2.23. The lowest BCUT2D eigenvalue weighted by atomic mass is 10.2. The fraction of sp³-hybridized carbons (Fsp3) is 0.125. The predicted molar refractivity (Wildman–Crippen MR) is 118 cm³/mol. The monoisotopic (exact) mass is 381 g/mol. The highest BCUT2D eigenvalue weighted by Gasteiger charge is 2.11. The van der Waals surface area contributed by atoms with Gasteiger partial charge in [-0.05, 0) is 78.7 Å². The van der Waals surface area contributed by atoms with Crippen LogP contribution in [0.1, 0.15) is 48.4 Å². The van der Waals surface area contributed by atoms with Crippen LogP contribution in [0.3, 0.4) is 0 Å². The Hall–Kier alpha value is -3.73. The number of aryl methyl sites for hydroxylation is 1. The molecule has 8 bridgehead atoms. The summed E-state index contributed by atoms with van der Waals surface area (Å²) in [6, 6.07) is 12.0. The Morgan fingerprint density at radius 3 is 2.07 bits per heavy atom. The van der Waals surface area contributed by atoms with Gasteiger partial charge in [0.2, 0.25) is 5.91 Å². The molecule has 5 heteroatoms. The number of hydrogen-bond acceptors (Lipinski definition) is 3. The SMILES string of the molecule is [2H]c1c(CC)c2cc3nc(cc4ccc(cc5nc(cc1n2C(C)=O)C=C5)[nH]4)C=C3. The predicted octanol–water partition coefficient (Wildman–Crippen LogP) is 5.35. The third-order valence-electron chi connectivity index (χ3n) is 5.01. The number of aromatic amines is 1. The molecule has 0 unspecified atom stereocenters. The van der Waals surface area contributed by atoms with Crippen molar-refractivity contribution in [2.45, 2.75) is 20.3 Å². The number of nitrogens with one attached hydrogen (secondary N) is 1. The van der Waals surface area contributed by atoms with Gasteiger partial charge < -0.3 is 4.98 Å². The van der Waals surface area contributed by atoms with E-state index in [0.717, 1.165) is 33.7 Å². The van der Waals surface area contributed by atoms with Gasteiger partial charge in [-0.1, -0.05) is 6.92 Å². The summed E-state index contributed by atoms with van der Waals surface area (Å²) in [5.74, 6) is -0.143. The summed E-state index contributed by atoms with van der Waals surface area (Å²) >= 11 is 0. The molecule has 0 saturated carbocycles. The van der Waals surface area contributed by atoms with Crippen LogP contribution in [-0.4, -0.2) is 25.4 Å². The molecule has 2 aliphatic heterocycles. The molecule has 5 nitrogen and oxygen atoms in total. The van der Waals surface area contributed by atoms with E-state index < -0.39 is 0 Å². The van der Waals surface area contributed by atoms with Crippen LogP contribution in [-0.2, 0) is 6.42 Å². The summed E-state index contributed by atoms with van der Waals surface area (Å²) in [7, 11) is 0. The van der Waals surface area contributed by atoms with Crippen molar-refractivity contribution >= 4 is 52.3 Å². The van der Waals surface area contributed by atoms with E-state index in [1.807, 2.05) is 61.6 Å². The molecule has 0 fully saturated rings. The molecule has 5 heterocycles. The van der Waals surface area contributed by atoms with Crippen LogP contribution >= 0.6 is 0 Å². The Labute approximate surface area is 169 Å². The fourth-order valence-corrected chi connectivity index (χ4v) is 3.71. The van der Waals surface area contributed by atoms with Crippen LogP contribution in [0, 0.1) is 0 Å². The standard InChI is InChI=1S/C24H20N4O/c1-3-16-10-23-13-21-8-6-19(26-21)11-17-4-5-18(25-17)12-20-7-9-22(27-20)14-24(16)28(23)15(2)29/h4-14,25H,3H2,1-2H3/i10D. The van der Waals surface area contributed by atoms with Gasteiger partial charge >= 0.3 is 0 Å². The quantitative estimate of drug-likeness (QED) is 0.426. The van der Waals surface area contributed by atoms with E-state index in [-0.39, 0.29) is 5.91 Å². The topological polar surface area (TPSA) is 63.6 Å². The number of H-pyrrole nitrogens is 1. The molecule has 0 saturated heterocycles. The summed E-state index contributed by atoms with van der Waals surface area (Å²) < 4.78 is 10.3. The molecule has 1 N–H and O–H groups in total. The van der Waals surface area contributed by atoms with Crippen molar-refractivity contribution in [1.29, 1.82) is 0 Å². The van der Waals surface area contributed by atoms with Crippen molar-refractivity contribution in [2.75, 3.05) is 0 Å². The minimum Gasteiger partial charge on any atom is -0.355 e. The maximum absolute atomic E-state index is 12.6. The third-order valence-corrected chi connectivity index (χ3v) is 5.01. The van der Waals surface area contributed by atoms with Crippen LogP contribution < -0.4 is 0 Å². The molecule has 0 amide bonds. The van der Waals surface area contributed by atoms with Gasteiger partial charge in [0.1, 0.15) is 0 Å². The zero-order valence-corrected chi connectivity index (χ0v) is 16.2. The van der Waals surface area contributed by atoms with E-state index in [1.54, 1.807) is 10.6 Å². The number of aromatic nitrogens is 4. The molecule has 0 atom stereocenters. The first-order valence-corrected chi connectivity index (χ1v) is 9.62. The number of carbonyl (C=O) groups excluding carboxylic acids is 1. The Kier molecular flexibility index (Phi) is 3.76. The summed E-state index contributed by atoms with van der Waals surface area (Å²) in [4.78, 5) is 25.3. The van der Waals surface area contributed by atoms with E-state index in [0.29, 0.717) is 29.2 Å². The fourth-order valence-electron chi connectivity index (χ4n) is 3.71. The van der Waals surface area contributed by atoms with Gasteiger partial charge in [0.25, 0.3) is 0 Å². The summed E-state index contributed by atoms with van der Waals surface area (Å²) in [6.45, 7) is 3.51. The number of fused-ring (bicyclic) bond motifs is 8. The average molecular weight is 381 g/mol. The average Bonchev–Trinajstić information content (AvgIpc) is 3.47. The molecular weight excluding hydrogens is 360 g/mol. The maximum atomic E-state index is 12.6. The second-order valence-corrected chi connectivity index (χ2v) is 7.12. The van der Waals surface area contributed by atoms with E-state index >= 15 is 0 Å². The van der Waals surface area contributed by atoms with Crippen LogP contribution in [0.4, 0.5) is 0 Å². The number of carbonyl (C=O) groups is 1. The van der Waals surface area contributed by atoms with E-state index in [2.05, 4.69) is 15.0 Å². The summed E-state index contributed by atoms with van der Waals surface area (Å²) in [5.41, 5.74) is 7.07. The molecule has 0 spiro atoms. The lowest BCUT2D eigenvalue weighted by Gasteiger charge is -2.01. The molecule has 3 aromatic heterocycles. The van der Waals surface area contributed by atoms with Crippen molar-refractivity contribution in [3.8, 4) is 0 Å². The largest absolute Gasteiger partial charge is 0.355 e. The minimum atomic E-state index is -0.143.